The van der Waals surface area contributed by atoms with Crippen LogP contribution in [-0.2, 0) is 10.0 Å². The molecule has 1 aromatic heterocycles. The summed E-state index contributed by atoms with van der Waals surface area (Å²) in [6, 6.07) is 9.78. The zero-order valence-corrected chi connectivity index (χ0v) is 14.6. The lowest BCUT2D eigenvalue weighted by Gasteiger charge is -2.37. The van der Waals surface area contributed by atoms with Gasteiger partial charge in [0.2, 0.25) is 15.9 Å². The van der Waals surface area contributed by atoms with Gasteiger partial charge in [0.05, 0.1) is 24.6 Å². The van der Waals surface area contributed by atoms with Crippen LogP contribution in [0.2, 0.25) is 5.02 Å². The molecular weight excluding hydrogens is 352 g/mol. The molecule has 2 aromatic rings. The highest BCUT2D eigenvalue weighted by molar-refractivity contribution is 7.89. The Morgan fingerprint density at radius 1 is 1.25 bits per heavy atom. The number of halogens is 1. The van der Waals surface area contributed by atoms with Crippen LogP contribution in [0.4, 0.5) is 0 Å². The van der Waals surface area contributed by atoms with Gasteiger partial charge in [-0.1, -0.05) is 11.6 Å². The summed E-state index contributed by atoms with van der Waals surface area (Å²) in [6.07, 6.45) is 1.32. The Kier molecular flexibility index (Phi) is 4.93. The normalized spacial score (nSPS) is 15.8. The number of pyridine rings is 1. The first-order valence-corrected chi connectivity index (χ1v) is 9.32. The maximum atomic E-state index is 12.5. The van der Waals surface area contributed by atoms with Crippen molar-refractivity contribution in [2.45, 2.75) is 17.9 Å². The van der Waals surface area contributed by atoms with Gasteiger partial charge in [-0.3, -0.25) is 0 Å². The van der Waals surface area contributed by atoms with Gasteiger partial charge in [-0.25, -0.2) is 13.4 Å². The lowest BCUT2D eigenvalue weighted by Crippen LogP contribution is -2.56. The highest BCUT2D eigenvalue weighted by Crippen LogP contribution is 2.27. The van der Waals surface area contributed by atoms with Gasteiger partial charge in [0.25, 0.3) is 0 Å². The number of hydrogen-bond donors (Lipinski definition) is 0. The van der Waals surface area contributed by atoms with Crippen molar-refractivity contribution in [2.75, 3.05) is 19.7 Å². The average Bonchev–Trinajstić information content (AvgIpc) is 2.52. The minimum absolute atomic E-state index is 0.236. The molecule has 0 radical (unpaired) electrons. The number of nitrogens with zero attached hydrogens (tertiary/aromatic N) is 2. The minimum atomic E-state index is -3.52. The van der Waals surface area contributed by atoms with E-state index in [1.807, 2.05) is 6.92 Å². The minimum Gasteiger partial charge on any atom is -0.494 e. The SMILES string of the molecule is CCOc1ccc(S(=O)(=O)N2CC(Oc3ncccc3Cl)C2)cc1. The Balaban J connectivity index is 1.63. The van der Waals surface area contributed by atoms with Gasteiger partial charge >= 0.3 is 0 Å². The summed E-state index contributed by atoms with van der Waals surface area (Å²) < 4.78 is 37.4. The molecule has 1 saturated heterocycles. The summed E-state index contributed by atoms with van der Waals surface area (Å²) >= 11 is 5.98. The molecule has 2 heterocycles. The van der Waals surface area contributed by atoms with E-state index in [-0.39, 0.29) is 24.1 Å². The lowest BCUT2D eigenvalue weighted by molar-refractivity contribution is 0.0722. The fourth-order valence-electron chi connectivity index (χ4n) is 2.31. The Morgan fingerprint density at radius 3 is 2.58 bits per heavy atom. The molecule has 0 spiro atoms. The van der Waals surface area contributed by atoms with Crippen LogP contribution in [0, 0.1) is 0 Å². The van der Waals surface area contributed by atoms with Crippen LogP contribution in [0.3, 0.4) is 0 Å². The number of ether oxygens (including phenoxy) is 2. The van der Waals surface area contributed by atoms with Gasteiger partial charge < -0.3 is 9.47 Å². The summed E-state index contributed by atoms with van der Waals surface area (Å²) in [6.45, 7) is 2.94. The van der Waals surface area contributed by atoms with Gasteiger partial charge in [0.15, 0.2) is 0 Å². The molecular formula is C16H17ClN2O4S. The van der Waals surface area contributed by atoms with Crippen LogP contribution in [-0.4, -0.2) is 43.5 Å². The number of hydrogen-bond acceptors (Lipinski definition) is 5. The van der Waals surface area contributed by atoms with E-state index in [0.717, 1.165) is 0 Å². The molecule has 0 saturated carbocycles. The van der Waals surface area contributed by atoms with Crippen LogP contribution in [0.1, 0.15) is 6.92 Å². The topological polar surface area (TPSA) is 68.7 Å². The third-order valence-corrected chi connectivity index (χ3v) is 5.72. The van der Waals surface area contributed by atoms with Crippen LogP contribution < -0.4 is 9.47 Å². The molecule has 128 valence electrons. The molecule has 8 heteroatoms. The van der Waals surface area contributed by atoms with Crippen molar-refractivity contribution in [1.29, 1.82) is 0 Å². The Bertz CT molecular complexity index is 805. The first-order chi connectivity index (χ1) is 11.5. The zero-order valence-electron chi connectivity index (χ0n) is 13.1. The third kappa shape index (κ3) is 3.48. The van der Waals surface area contributed by atoms with Gasteiger partial charge in [-0.2, -0.15) is 4.31 Å². The standard InChI is InChI=1S/C16H17ClN2O4S/c1-2-22-12-5-7-14(8-6-12)24(20,21)19-10-13(11-19)23-16-15(17)4-3-9-18-16/h3-9,13H,2,10-11H2,1H3. The summed E-state index contributed by atoms with van der Waals surface area (Å²) in [5.74, 6) is 0.966. The predicted molar refractivity (Wildman–Crippen MR) is 90.0 cm³/mol. The quantitative estimate of drug-likeness (QED) is 0.783. The van der Waals surface area contributed by atoms with E-state index in [9.17, 15) is 8.42 Å². The molecule has 1 aliphatic rings. The number of rotatable bonds is 6. The smallest absolute Gasteiger partial charge is 0.243 e. The monoisotopic (exact) mass is 368 g/mol. The molecule has 1 fully saturated rings. The largest absolute Gasteiger partial charge is 0.494 e. The van der Waals surface area contributed by atoms with Gasteiger partial charge in [0.1, 0.15) is 16.9 Å². The Morgan fingerprint density at radius 2 is 1.96 bits per heavy atom. The van der Waals surface area contributed by atoms with Gasteiger partial charge in [-0.05, 0) is 43.3 Å². The third-order valence-electron chi connectivity index (χ3n) is 3.59. The molecule has 0 unspecified atom stereocenters. The van der Waals surface area contributed by atoms with Crippen LogP contribution >= 0.6 is 11.6 Å². The van der Waals surface area contributed by atoms with E-state index in [1.165, 1.54) is 4.31 Å². The maximum absolute atomic E-state index is 12.5. The number of sulfonamides is 1. The Hall–Kier alpha value is -1.83. The fourth-order valence-corrected chi connectivity index (χ4v) is 3.98. The zero-order chi connectivity index (χ0) is 17.2. The van der Waals surface area contributed by atoms with Crippen LogP contribution in [0.5, 0.6) is 11.6 Å². The fraction of sp³-hybridized carbons (Fsp3) is 0.312. The highest BCUT2D eigenvalue weighted by Gasteiger charge is 2.38. The predicted octanol–water partition coefficient (Wildman–Crippen LogP) is 2.59. The summed E-state index contributed by atoms with van der Waals surface area (Å²) in [4.78, 5) is 4.27. The molecule has 0 atom stereocenters. The lowest BCUT2D eigenvalue weighted by atomic mass is 10.2. The second-order valence-corrected chi connectivity index (χ2v) is 7.60. The van der Waals surface area contributed by atoms with E-state index < -0.39 is 10.0 Å². The van der Waals surface area contributed by atoms with Gasteiger partial charge in [0, 0.05) is 6.20 Å². The van der Waals surface area contributed by atoms with Gasteiger partial charge in [-0.15, -0.1) is 0 Å². The van der Waals surface area contributed by atoms with E-state index in [2.05, 4.69) is 4.98 Å². The van der Waals surface area contributed by atoms with Crippen molar-refractivity contribution in [2.24, 2.45) is 0 Å². The Labute approximate surface area is 146 Å². The van der Waals surface area contributed by atoms with Crippen molar-refractivity contribution in [3.05, 3.63) is 47.6 Å². The highest BCUT2D eigenvalue weighted by atomic mass is 35.5. The molecule has 3 rings (SSSR count). The van der Waals surface area contributed by atoms with Crippen molar-refractivity contribution >= 4 is 21.6 Å². The summed E-state index contributed by atoms with van der Waals surface area (Å²) in [5.41, 5.74) is 0. The first-order valence-electron chi connectivity index (χ1n) is 7.51. The first kappa shape index (κ1) is 17.0. The second-order valence-electron chi connectivity index (χ2n) is 5.26. The summed E-state index contributed by atoms with van der Waals surface area (Å²) in [5, 5.41) is 0.408. The van der Waals surface area contributed by atoms with E-state index in [4.69, 9.17) is 21.1 Å². The second kappa shape index (κ2) is 6.96. The van der Waals surface area contributed by atoms with Crippen molar-refractivity contribution < 1.29 is 17.9 Å². The van der Waals surface area contributed by atoms with Crippen molar-refractivity contribution in [3.8, 4) is 11.6 Å². The molecule has 0 N–H and O–H groups in total. The number of aromatic nitrogens is 1. The molecule has 1 aliphatic heterocycles. The number of benzene rings is 1. The van der Waals surface area contributed by atoms with E-state index in [0.29, 0.717) is 23.3 Å². The molecule has 0 aliphatic carbocycles. The van der Waals surface area contributed by atoms with E-state index >= 15 is 0 Å². The molecule has 24 heavy (non-hydrogen) atoms. The summed E-state index contributed by atoms with van der Waals surface area (Å²) in [7, 11) is -3.52. The van der Waals surface area contributed by atoms with Crippen LogP contribution in [0.15, 0.2) is 47.5 Å². The molecule has 0 bridgehead atoms. The molecule has 1 aromatic carbocycles. The maximum Gasteiger partial charge on any atom is 0.243 e. The average molecular weight is 369 g/mol. The van der Waals surface area contributed by atoms with Crippen LogP contribution in [0.25, 0.3) is 0 Å². The van der Waals surface area contributed by atoms with Crippen molar-refractivity contribution in [1.82, 2.24) is 9.29 Å². The molecule has 6 nitrogen and oxygen atoms in total. The van der Waals surface area contributed by atoms with E-state index in [1.54, 1.807) is 42.6 Å². The molecule has 0 amide bonds. The van der Waals surface area contributed by atoms with Crippen molar-refractivity contribution in [3.63, 3.8) is 0 Å².